The van der Waals surface area contributed by atoms with E-state index in [-0.39, 0.29) is 15.5 Å². The summed E-state index contributed by atoms with van der Waals surface area (Å²) in [5.74, 6) is -0.359. The van der Waals surface area contributed by atoms with Gasteiger partial charge in [0.15, 0.2) is 0 Å². The molecule has 1 fully saturated rings. The number of sulfonamides is 1. The zero-order valence-electron chi connectivity index (χ0n) is 11.2. The molecule has 7 heteroatoms. The van der Waals surface area contributed by atoms with Crippen molar-refractivity contribution in [2.45, 2.75) is 24.7 Å². The highest BCUT2D eigenvalue weighted by Gasteiger charge is 2.30. The van der Waals surface area contributed by atoms with Crippen molar-refractivity contribution in [3.05, 3.63) is 28.8 Å². The van der Waals surface area contributed by atoms with Gasteiger partial charge in [-0.25, -0.2) is 8.42 Å². The van der Waals surface area contributed by atoms with Gasteiger partial charge in [-0.2, -0.15) is 4.31 Å². The number of carbonyl (C=O) groups is 1. The van der Waals surface area contributed by atoms with E-state index in [1.54, 1.807) is 0 Å². The van der Waals surface area contributed by atoms with Crippen LogP contribution in [0, 0.1) is 5.92 Å². The highest BCUT2D eigenvalue weighted by Crippen LogP contribution is 2.28. The first-order valence-electron chi connectivity index (χ1n) is 6.42. The lowest BCUT2D eigenvalue weighted by Gasteiger charge is -2.30. The molecule has 1 unspecified atom stereocenters. The van der Waals surface area contributed by atoms with Crippen LogP contribution in [0.2, 0.25) is 5.02 Å². The summed E-state index contributed by atoms with van der Waals surface area (Å²) in [7, 11) is -3.69. The number of benzene rings is 1. The van der Waals surface area contributed by atoms with E-state index in [0.717, 1.165) is 12.8 Å². The third kappa shape index (κ3) is 2.97. The molecular formula is C13H17ClN2O3S. The van der Waals surface area contributed by atoms with Gasteiger partial charge in [-0.05, 0) is 37.0 Å². The standard InChI is InChI=1S/C13H17ClN2O3S/c1-9-3-2-6-16(8-9)20(18,19)12-7-10(13(15)17)4-5-11(12)14/h4-5,7,9H,2-3,6,8H2,1H3,(H2,15,17). The topological polar surface area (TPSA) is 80.5 Å². The Kier molecular flexibility index (Phi) is 4.36. The van der Waals surface area contributed by atoms with Crippen molar-refractivity contribution in [2.75, 3.05) is 13.1 Å². The van der Waals surface area contributed by atoms with Gasteiger partial charge >= 0.3 is 0 Å². The van der Waals surface area contributed by atoms with Crippen LogP contribution in [0.3, 0.4) is 0 Å². The van der Waals surface area contributed by atoms with Crippen molar-refractivity contribution in [3.8, 4) is 0 Å². The Morgan fingerprint density at radius 1 is 1.45 bits per heavy atom. The molecule has 5 nitrogen and oxygen atoms in total. The lowest BCUT2D eigenvalue weighted by atomic mass is 10.0. The quantitative estimate of drug-likeness (QED) is 0.924. The summed E-state index contributed by atoms with van der Waals surface area (Å²) >= 11 is 5.98. The molecule has 20 heavy (non-hydrogen) atoms. The molecule has 1 heterocycles. The molecule has 0 aromatic heterocycles. The average molecular weight is 317 g/mol. The normalized spacial score (nSPS) is 20.8. The van der Waals surface area contributed by atoms with Crippen molar-refractivity contribution in [2.24, 2.45) is 11.7 Å². The largest absolute Gasteiger partial charge is 0.366 e. The Labute approximate surface area is 123 Å². The Bertz CT molecular complexity index is 631. The Morgan fingerprint density at radius 3 is 2.75 bits per heavy atom. The highest BCUT2D eigenvalue weighted by atomic mass is 35.5. The first-order chi connectivity index (χ1) is 9.32. The third-order valence-corrected chi connectivity index (χ3v) is 5.80. The summed E-state index contributed by atoms with van der Waals surface area (Å²) < 4.78 is 26.7. The monoisotopic (exact) mass is 316 g/mol. The number of carbonyl (C=O) groups excluding carboxylic acids is 1. The van der Waals surface area contributed by atoms with Crippen LogP contribution >= 0.6 is 11.6 Å². The maximum Gasteiger partial charge on any atom is 0.248 e. The fourth-order valence-electron chi connectivity index (χ4n) is 2.36. The molecule has 0 spiro atoms. The highest BCUT2D eigenvalue weighted by molar-refractivity contribution is 7.89. The molecule has 0 bridgehead atoms. The molecule has 1 aromatic carbocycles. The third-order valence-electron chi connectivity index (χ3n) is 3.45. The zero-order chi connectivity index (χ0) is 14.9. The van der Waals surface area contributed by atoms with Crippen LogP contribution in [0.4, 0.5) is 0 Å². The lowest BCUT2D eigenvalue weighted by Crippen LogP contribution is -2.39. The second-order valence-electron chi connectivity index (χ2n) is 5.12. The van der Waals surface area contributed by atoms with E-state index < -0.39 is 15.9 Å². The molecule has 0 saturated carbocycles. The number of halogens is 1. The molecule has 1 aliphatic rings. The number of amides is 1. The molecule has 110 valence electrons. The minimum absolute atomic E-state index is 0.0513. The van der Waals surface area contributed by atoms with Gasteiger partial charge in [-0.15, -0.1) is 0 Å². The summed E-state index contributed by atoms with van der Waals surface area (Å²) in [5.41, 5.74) is 5.32. The molecule has 1 atom stereocenters. The Balaban J connectivity index is 2.43. The van der Waals surface area contributed by atoms with Gasteiger partial charge in [0.2, 0.25) is 15.9 Å². The van der Waals surface area contributed by atoms with E-state index in [2.05, 4.69) is 0 Å². The number of nitrogens with zero attached hydrogens (tertiary/aromatic N) is 1. The first-order valence-corrected chi connectivity index (χ1v) is 8.23. The fourth-order valence-corrected chi connectivity index (χ4v) is 4.46. The second kappa shape index (κ2) is 5.71. The maximum absolute atomic E-state index is 12.6. The summed E-state index contributed by atoms with van der Waals surface area (Å²) in [5, 5.41) is 0.105. The van der Waals surface area contributed by atoms with Crippen molar-refractivity contribution in [1.82, 2.24) is 4.31 Å². The number of nitrogens with two attached hydrogens (primary N) is 1. The molecule has 0 aliphatic carbocycles. The van der Waals surface area contributed by atoms with Crippen LogP contribution in [0.1, 0.15) is 30.1 Å². The predicted molar refractivity (Wildman–Crippen MR) is 77.1 cm³/mol. The molecule has 1 amide bonds. The molecule has 2 N–H and O–H groups in total. The number of primary amides is 1. The smallest absolute Gasteiger partial charge is 0.248 e. The molecule has 1 aliphatic heterocycles. The first kappa shape index (κ1) is 15.3. The molecule has 1 aromatic rings. The minimum atomic E-state index is -3.69. The van der Waals surface area contributed by atoms with Crippen LogP contribution in [-0.4, -0.2) is 31.7 Å². The summed E-state index contributed by atoms with van der Waals surface area (Å²) in [6.07, 6.45) is 1.84. The van der Waals surface area contributed by atoms with E-state index in [1.165, 1.54) is 22.5 Å². The van der Waals surface area contributed by atoms with Gasteiger partial charge in [-0.1, -0.05) is 18.5 Å². The zero-order valence-corrected chi connectivity index (χ0v) is 12.7. The summed E-state index contributed by atoms with van der Waals surface area (Å²) in [4.78, 5) is 11.1. The van der Waals surface area contributed by atoms with Crippen molar-refractivity contribution in [3.63, 3.8) is 0 Å². The lowest BCUT2D eigenvalue weighted by molar-refractivity contribution is 0.1000. The predicted octanol–water partition coefficient (Wildman–Crippen LogP) is 1.86. The van der Waals surface area contributed by atoms with E-state index in [9.17, 15) is 13.2 Å². The molecular weight excluding hydrogens is 300 g/mol. The van der Waals surface area contributed by atoms with Crippen LogP contribution in [0.5, 0.6) is 0 Å². The number of piperidine rings is 1. The number of rotatable bonds is 3. The maximum atomic E-state index is 12.6. The van der Waals surface area contributed by atoms with Crippen molar-refractivity contribution < 1.29 is 13.2 Å². The van der Waals surface area contributed by atoms with Crippen molar-refractivity contribution >= 4 is 27.5 Å². The van der Waals surface area contributed by atoms with Crippen LogP contribution in [-0.2, 0) is 10.0 Å². The van der Waals surface area contributed by atoms with E-state index in [4.69, 9.17) is 17.3 Å². The Morgan fingerprint density at radius 2 is 2.15 bits per heavy atom. The van der Waals surface area contributed by atoms with Crippen LogP contribution in [0.25, 0.3) is 0 Å². The molecule has 2 rings (SSSR count). The average Bonchev–Trinajstić information content (AvgIpc) is 2.38. The van der Waals surface area contributed by atoms with Gasteiger partial charge in [0.05, 0.1) is 5.02 Å². The van der Waals surface area contributed by atoms with E-state index in [0.29, 0.717) is 19.0 Å². The number of hydrogen-bond acceptors (Lipinski definition) is 3. The summed E-state index contributed by atoms with van der Waals surface area (Å²) in [6.45, 7) is 2.96. The van der Waals surface area contributed by atoms with E-state index >= 15 is 0 Å². The molecule has 1 saturated heterocycles. The van der Waals surface area contributed by atoms with Gasteiger partial charge in [0.25, 0.3) is 0 Å². The van der Waals surface area contributed by atoms with Gasteiger partial charge < -0.3 is 5.73 Å². The minimum Gasteiger partial charge on any atom is -0.366 e. The fraction of sp³-hybridized carbons (Fsp3) is 0.462. The van der Waals surface area contributed by atoms with Gasteiger partial charge in [0.1, 0.15) is 4.90 Å². The van der Waals surface area contributed by atoms with E-state index in [1.807, 2.05) is 6.92 Å². The van der Waals surface area contributed by atoms with Gasteiger partial charge in [-0.3, -0.25) is 4.79 Å². The van der Waals surface area contributed by atoms with Crippen molar-refractivity contribution in [1.29, 1.82) is 0 Å². The van der Waals surface area contributed by atoms with Crippen LogP contribution < -0.4 is 5.73 Å². The number of hydrogen-bond donors (Lipinski definition) is 1. The Hall–Kier alpha value is -1.11. The SMILES string of the molecule is CC1CCCN(S(=O)(=O)c2cc(C(N)=O)ccc2Cl)C1. The van der Waals surface area contributed by atoms with Gasteiger partial charge in [0, 0.05) is 18.7 Å². The summed E-state index contributed by atoms with van der Waals surface area (Å²) in [6, 6.07) is 4.06. The second-order valence-corrected chi connectivity index (χ2v) is 7.43. The van der Waals surface area contributed by atoms with Crippen LogP contribution in [0.15, 0.2) is 23.1 Å². The molecule has 0 radical (unpaired) electrons.